The molecule has 1 aromatic carbocycles. The first-order valence-corrected chi connectivity index (χ1v) is 4.89. The lowest BCUT2D eigenvalue weighted by Crippen LogP contribution is -2.37. The van der Waals surface area contributed by atoms with Crippen LogP contribution in [0.5, 0.6) is 5.75 Å². The molecule has 0 fully saturated rings. The average Bonchev–Trinajstić information content (AvgIpc) is 2.10. The Bertz CT molecular complexity index is 385. The highest BCUT2D eigenvalue weighted by atomic mass is 35.5. The van der Waals surface area contributed by atoms with E-state index in [-0.39, 0.29) is 0 Å². The van der Waals surface area contributed by atoms with Gasteiger partial charge in [-0.25, -0.2) is 4.79 Å². The summed E-state index contributed by atoms with van der Waals surface area (Å²) in [5, 5.41) is 9.31. The third kappa shape index (κ3) is 2.86. The van der Waals surface area contributed by atoms with Crippen molar-refractivity contribution in [2.45, 2.75) is 26.4 Å². The van der Waals surface area contributed by atoms with Gasteiger partial charge in [-0.1, -0.05) is 17.7 Å². The van der Waals surface area contributed by atoms with Crippen LogP contribution in [-0.2, 0) is 4.79 Å². The zero-order valence-electron chi connectivity index (χ0n) is 8.87. The Kier molecular flexibility index (Phi) is 3.25. The van der Waals surface area contributed by atoms with Crippen LogP contribution in [0.15, 0.2) is 18.2 Å². The zero-order valence-corrected chi connectivity index (χ0v) is 9.63. The molecule has 0 heterocycles. The van der Waals surface area contributed by atoms with Crippen molar-refractivity contribution in [3.05, 3.63) is 28.8 Å². The molecule has 0 radical (unpaired) electrons. The number of ether oxygens (including phenoxy) is 1. The minimum atomic E-state index is -1.28. The van der Waals surface area contributed by atoms with Crippen LogP contribution < -0.4 is 4.74 Å². The molecule has 0 aliphatic carbocycles. The van der Waals surface area contributed by atoms with E-state index >= 15 is 0 Å². The topological polar surface area (TPSA) is 46.5 Å². The molecule has 1 aromatic rings. The molecule has 4 heteroatoms. The molecule has 0 bridgehead atoms. The minimum absolute atomic E-state index is 0.393. The van der Waals surface area contributed by atoms with Crippen molar-refractivity contribution in [1.29, 1.82) is 0 Å². The minimum Gasteiger partial charge on any atom is -0.478 e. The number of rotatable bonds is 3. The van der Waals surface area contributed by atoms with Crippen molar-refractivity contribution >= 4 is 17.6 Å². The Morgan fingerprint density at radius 3 is 2.60 bits per heavy atom. The molecule has 0 aliphatic rings. The van der Waals surface area contributed by atoms with E-state index in [0.29, 0.717) is 10.8 Å². The van der Waals surface area contributed by atoms with E-state index in [0.717, 1.165) is 5.56 Å². The van der Waals surface area contributed by atoms with Gasteiger partial charge in [-0.15, -0.1) is 0 Å². The van der Waals surface area contributed by atoms with E-state index in [9.17, 15) is 4.79 Å². The summed E-state index contributed by atoms with van der Waals surface area (Å²) in [6.45, 7) is 4.85. The third-order valence-corrected chi connectivity index (χ3v) is 2.28. The second-order valence-corrected chi connectivity index (χ2v) is 4.26. The molecular formula is C11H13ClO3. The van der Waals surface area contributed by atoms with Gasteiger partial charge in [-0.3, -0.25) is 0 Å². The number of benzene rings is 1. The first-order chi connectivity index (χ1) is 6.83. The molecule has 15 heavy (non-hydrogen) atoms. The van der Waals surface area contributed by atoms with Crippen molar-refractivity contribution in [2.75, 3.05) is 0 Å². The Morgan fingerprint density at radius 1 is 1.47 bits per heavy atom. The maximum Gasteiger partial charge on any atom is 0.347 e. The van der Waals surface area contributed by atoms with Crippen molar-refractivity contribution < 1.29 is 14.6 Å². The average molecular weight is 229 g/mol. The summed E-state index contributed by atoms with van der Waals surface area (Å²) in [4.78, 5) is 10.9. The van der Waals surface area contributed by atoms with Gasteiger partial charge in [0.2, 0.25) is 0 Å². The molecule has 3 nitrogen and oxygen atoms in total. The van der Waals surface area contributed by atoms with Crippen LogP contribution in [0.2, 0.25) is 5.02 Å². The molecule has 82 valence electrons. The van der Waals surface area contributed by atoms with E-state index in [2.05, 4.69) is 0 Å². The van der Waals surface area contributed by atoms with Crippen LogP contribution >= 0.6 is 11.6 Å². The van der Waals surface area contributed by atoms with Gasteiger partial charge in [0.1, 0.15) is 5.75 Å². The van der Waals surface area contributed by atoms with E-state index in [4.69, 9.17) is 21.4 Å². The Balaban J connectivity index is 2.99. The molecule has 0 aliphatic heterocycles. The number of carboxylic acids is 1. The molecule has 0 saturated carbocycles. The van der Waals surface area contributed by atoms with Crippen molar-refractivity contribution in [2.24, 2.45) is 0 Å². The Hall–Kier alpha value is -1.22. The number of hydrogen-bond acceptors (Lipinski definition) is 2. The highest BCUT2D eigenvalue weighted by molar-refractivity contribution is 6.32. The molecular weight excluding hydrogens is 216 g/mol. The molecule has 1 N–H and O–H groups in total. The van der Waals surface area contributed by atoms with Crippen LogP contribution in [0.3, 0.4) is 0 Å². The fourth-order valence-corrected chi connectivity index (χ4v) is 1.16. The Labute approximate surface area is 93.6 Å². The largest absolute Gasteiger partial charge is 0.478 e. The van der Waals surface area contributed by atoms with E-state index in [1.54, 1.807) is 12.1 Å². The van der Waals surface area contributed by atoms with Crippen LogP contribution in [0.1, 0.15) is 19.4 Å². The summed E-state index contributed by atoms with van der Waals surface area (Å²) < 4.78 is 5.34. The van der Waals surface area contributed by atoms with Crippen molar-refractivity contribution in [3.8, 4) is 5.75 Å². The van der Waals surface area contributed by atoms with Gasteiger partial charge < -0.3 is 9.84 Å². The van der Waals surface area contributed by atoms with Gasteiger partial charge in [0, 0.05) is 0 Å². The standard InChI is InChI=1S/C11H13ClO3/c1-7-4-5-8(12)9(6-7)15-11(2,3)10(13)14/h4-6H,1-3H3,(H,13,14). The third-order valence-electron chi connectivity index (χ3n) is 1.97. The second-order valence-electron chi connectivity index (χ2n) is 3.85. The van der Waals surface area contributed by atoms with Crippen LogP contribution in [0.25, 0.3) is 0 Å². The van der Waals surface area contributed by atoms with Gasteiger partial charge in [-0.05, 0) is 38.5 Å². The fraction of sp³-hybridized carbons (Fsp3) is 0.364. The van der Waals surface area contributed by atoms with E-state index < -0.39 is 11.6 Å². The normalized spacial score (nSPS) is 11.2. The van der Waals surface area contributed by atoms with Crippen LogP contribution in [0.4, 0.5) is 0 Å². The first kappa shape index (κ1) is 11.9. The smallest absolute Gasteiger partial charge is 0.347 e. The molecule has 0 amide bonds. The van der Waals surface area contributed by atoms with Gasteiger partial charge in [0.05, 0.1) is 5.02 Å². The molecule has 0 unspecified atom stereocenters. The van der Waals surface area contributed by atoms with Gasteiger partial charge in [0.15, 0.2) is 5.60 Å². The number of carboxylic acid groups (broad SMARTS) is 1. The quantitative estimate of drug-likeness (QED) is 0.865. The predicted molar refractivity (Wildman–Crippen MR) is 58.5 cm³/mol. The van der Waals surface area contributed by atoms with Crippen LogP contribution in [-0.4, -0.2) is 16.7 Å². The Morgan fingerprint density at radius 2 is 2.07 bits per heavy atom. The highest BCUT2D eigenvalue weighted by Gasteiger charge is 2.30. The summed E-state index contributed by atoms with van der Waals surface area (Å²) in [6, 6.07) is 5.24. The van der Waals surface area contributed by atoms with Crippen molar-refractivity contribution in [3.63, 3.8) is 0 Å². The highest BCUT2D eigenvalue weighted by Crippen LogP contribution is 2.28. The zero-order chi connectivity index (χ0) is 11.6. The van der Waals surface area contributed by atoms with Gasteiger partial charge >= 0.3 is 5.97 Å². The SMILES string of the molecule is Cc1ccc(Cl)c(OC(C)(C)C(=O)O)c1. The van der Waals surface area contributed by atoms with Gasteiger partial charge in [-0.2, -0.15) is 0 Å². The van der Waals surface area contributed by atoms with Crippen molar-refractivity contribution in [1.82, 2.24) is 0 Å². The lowest BCUT2D eigenvalue weighted by Gasteiger charge is -2.22. The first-order valence-electron chi connectivity index (χ1n) is 4.51. The number of aryl methyl sites for hydroxylation is 1. The second kappa shape index (κ2) is 4.11. The predicted octanol–water partition coefficient (Wildman–Crippen LogP) is 2.89. The number of carbonyl (C=O) groups is 1. The maximum absolute atomic E-state index is 10.9. The maximum atomic E-state index is 10.9. The number of aliphatic carboxylic acids is 1. The molecule has 0 saturated heterocycles. The van der Waals surface area contributed by atoms with E-state index in [1.165, 1.54) is 13.8 Å². The van der Waals surface area contributed by atoms with Gasteiger partial charge in [0.25, 0.3) is 0 Å². The van der Waals surface area contributed by atoms with Crippen LogP contribution in [0, 0.1) is 6.92 Å². The molecule has 1 rings (SSSR count). The monoisotopic (exact) mass is 228 g/mol. The fourth-order valence-electron chi connectivity index (χ4n) is 1.01. The summed E-state index contributed by atoms with van der Waals surface area (Å²) in [5.74, 6) is -0.635. The summed E-state index contributed by atoms with van der Waals surface area (Å²) >= 11 is 5.89. The van der Waals surface area contributed by atoms with E-state index in [1.807, 2.05) is 13.0 Å². The molecule has 0 spiro atoms. The summed E-state index contributed by atoms with van der Waals surface area (Å²) in [6.07, 6.45) is 0. The lowest BCUT2D eigenvalue weighted by atomic mass is 10.1. The number of halogens is 1. The molecule has 0 atom stereocenters. The number of hydrogen-bond donors (Lipinski definition) is 1. The summed E-state index contributed by atoms with van der Waals surface area (Å²) in [7, 11) is 0. The molecule has 0 aromatic heterocycles. The lowest BCUT2D eigenvalue weighted by molar-refractivity contribution is -0.152. The summed E-state index contributed by atoms with van der Waals surface area (Å²) in [5.41, 5.74) is -0.312.